The third kappa shape index (κ3) is 3.79. The summed E-state index contributed by atoms with van der Waals surface area (Å²) in [5.41, 5.74) is 2.82. The van der Waals surface area contributed by atoms with Crippen molar-refractivity contribution < 1.29 is 19.1 Å². The minimum absolute atomic E-state index is 0.0370. The van der Waals surface area contributed by atoms with Gasteiger partial charge in [-0.2, -0.15) is 0 Å². The number of piperidine rings is 1. The molecule has 1 saturated heterocycles. The van der Waals surface area contributed by atoms with Crippen molar-refractivity contribution in [3.05, 3.63) is 53.6 Å². The molecule has 0 radical (unpaired) electrons. The van der Waals surface area contributed by atoms with Crippen LogP contribution in [0.4, 0.5) is 5.69 Å². The molecule has 6 nitrogen and oxygen atoms in total. The van der Waals surface area contributed by atoms with Crippen molar-refractivity contribution in [1.29, 1.82) is 0 Å². The summed E-state index contributed by atoms with van der Waals surface area (Å²) in [5, 5.41) is 0. The predicted octanol–water partition coefficient (Wildman–Crippen LogP) is 3.15. The van der Waals surface area contributed by atoms with Crippen LogP contribution in [-0.2, 0) is 11.2 Å². The average Bonchev–Trinajstić information content (AvgIpc) is 3.22. The highest BCUT2D eigenvalue weighted by Gasteiger charge is 2.33. The highest BCUT2D eigenvalue weighted by atomic mass is 16.5. The first kappa shape index (κ1) is 19.3. The predicted molar refractivity (Wildman–Crippen MR) is 111 cm³/mol. The molecule has 0 bridgehead atoms. The number of carbonyl (C=O) groups excluding carboxylic acids is 2. The molecule has 2 aromatic rings. The van der Waals surface area contributed by atoms with Gasteiger partial charge in [-0.05, 0) is 43.0 Å². The van der Waals surface area contributed by atoms with Gasteiger partial charge in [0.1, 0.15) is 11.5 Å². The molecule has 2 aliphatic heterocycles. The molecule has 6 heteroatoms. The topological polar surface area (TPSA) is 59.1 Å². The van der Waals surface area contributed by atoms with Crippen LogP contribution >= 0.6 is 0 Å². The SMILES string of the molecule is COc1cc(OC)cc(C(=O)N2CCC(C(=O)N3CCc4ccccc43)CC2)c1. The van der Waals surface area contributed by atoms with Gasteiger partial charge in [-0.25, -0.2) is 0 Å². The second-order valence-electron chi connectivity index (χ2n) is 7.54. The number of rotatable bonds is 4. The van der Waals surface area contributed by atoms with Crippen LogP contribution in [0.25, 0.3) is 0 Å². The van der Waals surface area contributed by atoms with E-state index in [1.807, 2.05) is 28.0 Å². The van der Waals surface area contributed by atoms with Gasteiger partial charge in [0.05, 0.1) is 14.2 Å². The Morgan fingerprint density at radius 1 is 0.931 bits per heavy atom. The smallest absolute Gasteiger partial charge is 0.254 e. The second kappa shape index (κ2) is 8.15. The Balaban J connectivity index is 1.41. The molecule has 0 atom stereocenters. The highest BCUT2D eigenvalue weighted by Crippen LogP contribution is 2.31. The molecule has 0 N–H and O–H groups in total. The average molecular weight is 394 g/mol. The van der Waals surface area contributed by atoms with Crippen LogP contribution in [0.3, 0.4) is 0 Å². The van der Waals surface area contributed by atoms with Gasteiger partial charge in [0, 0.05) is 42.9 Å². The lowest BCUT2D eigenvalue weighted by atomic mass is 9.94. The largest absolute Gasteiger partial charge is 0.497 e. The lowest BCUT2D eigenvalue weighted by Crippen LogP contribution is -2.44. The van der Waals surface area contributed by atoms with Crippen LogP contribution in [0.5, 0.6) is 11.5 Å². The molecule has 0 aliphatic carbocycles. The molecule has 2 heterocycles. The first-order valence-corrected chi connectivity index (χ1v) is 10.0. The zero-order valence-corrected chi connectivity index (χ0v) is 16.9. The summed E-state index contributed by atoms with van der Waals surface area (Å²) in [6.45, 7) is 1.90. The van der Waals surface area contributed by atoms with E-state index in [0.29, 0.717) is 43.0 Å². The summed E-state index contributed by atoms with van der Waals surface area (Å²) < 4.78 is 10.5. The number of hydrogen-bond acceptors (Lipinski definition) is 4. The van der Waals surface area contributed by atoms with E-state index in [1.54, 1.807) is 32.4 Å². The third-order valence-electron chi connectivity index (χ3n) is 5.88. The van der Waals surface area contributed by atoms with Crippen LogP contribution in [0, 0.1) is 5.92 Å². The number of para-hydroxylation sites is 1. The maximum Gasteiger partial charge on any atom is 0.254 e. The van der Waals surface area contributed by atoms with Crippen molar-refractivity contribution in [2.75, 3.05) is 38.8 Å². The molecule has 0 saturated carbocycles. The highest BCUT2D eigenvalue weighted by molar-refractivity contribution is 5.98. The summed E-state index contributed by atoms with van der Waals surface area (Å²) in [4.78, 5) is 29.8. The third-order valence-corrected chi connectivity index (χ3v) is 5.88. The Hall–Kier alpha value is -3.02. The van der Waals surface area contributed by atoms with Gasteiger partial charge in [0.25, 0.3) is 5.91 Å². The van der Waals surface area contributed by atoms with E-state index in [-0.39, 0.29) is 17.7 Å². The van der Waals surface area contributed by atoms with E-state index in [9.17, 15) is 9.59 Å². The van der Waals surface area contributed by atoms with Gasteiger partial charge in [-0.1, -0.05) is 18.2 Å². The molecule has 0 spiro atoms. The molecule has 0 unspecified atom stereocenters. The van der Waals surface area contributed by atoms with Gasteiger partial charge in [0.2, 0.25) is 5.91 Å². The minimum Gasteiger partial charge on any atom is -0.497 e. The maximum absolute atomic E-state index is 13.1. The first-order valence-electron chi connectivity index (χ1n) is 10.0. The molecular formula is C23H26N2O4. The van der Waals surface area contributed by atoms with E-state index in [1.165, 1.54) is 5.56 Å². The van der Waals surface area contributed by atoms with E-state index >= 15 is 0 Å². The van der Waals surface area contributed by atoms with Crippen LogP contribution in [-0.4, -0.2) is 50.6 Å². The summed E-state index contributed by atoms with van der Waals surface area (Å²) >= 11 is 0. The number of methoxy groups -OCH3 is 2. The zero-order chi connectivity index (χ0) is 20.4. The van der Waals surface area contributed by atoms with E-state index in [0.717, 1.165) is 18.7 Å². The molecular weight excluding hydrogens is 368 g/mol. The quantitative estimate of drug-likeness (QED) is 0.799. The van der Waals surface area contributed by atoms with Crippen LogP contribution in [0.15, 0.2) is 42.5 Å². The standard InChI is InChI=1S/C23H26N2O4/c1-28-19-13-18(14-20(15-19)29-2)22(26)24-10-7-17(8-11-24)23(27)25-12-9-16-5-3-4-6-21(16)25/h3-6,13-15,17H,7-12H2,1-2H3. The minimum atomic E-state index is -0.0559. The Bertz CT molecular complexity index is 897. The van der Waals surface area contributed by atoms with Crippen molar-refractivity contribution in [3.63, 3.8) is 0 Å². The number of anilines is 1. The fraction of sp³-hybridized carbons (Fsp3) is 0.391. The van der Waals surface area contributed by atoms with Crippen molar-refractivity contribution in [3.8, 4) is 11.5 Å². The zero-order valence-electron chi connectivity index (χ0n) is 16.9. The van der Waals surface area contributed by atoms with Crippen LogP contribution < -0.4 is 14.4 Å². The number of ether oxygens (including phenoxy) is 2. The molecule has 2 amide bonds. The van der Waals surface area contributed by atoms with Gasteiger partial charge in [-0.3, -0.25) is 9.59 Å². The number of benzene rings is 2. The number of hydrogen-bond donors (Lipinski definition) is 0. The Morgan fingerprint density at radius 2 is 1.59 bits per heavy atom. The molecule has 2 aromatic carbocycles. The van der Waals surface area contributed by atoms with Gasteiger partial charge < -0.3 is 19.3 Å². The Kier molecular flexibility index (Phi) is 5.43. The Labute approximate surface area is 171 Å². The van der Waals surface area contributed by atoms with E-state index in [4.69, 9.17) is 9.47 Å². The first-order chi connectivity index (χ1) is 14.1. The number of carbonyl (C=O) groups is 2. The van der Waals surface area contributed by atoms with Crippen molar-refractivity contribution in [1.82, 2.24) is 4.90 Å². The van der Waals surface area contributed by atoms with Crippen LogP contribution in [0.2, 0.25) is 0 Å². The fourth-order valence-corrected chi connectivity index (χ4v) is 4.23. The monoisotopic (exact) mass is 394 g/mol. The Morgan fingerprint density at radius 3 is 2.24 bits per heavy atom. The van der Waals surface area contributed by atoms with Crippen molar-refractivity contribution in [2.45, 2.75) is 19.3 Å². The molecule has 2 aliphatic rings. The summed E-state index contributed by atoms with van der Waals surface area (Å²) in [6, 6.07) is 13.3. The van der Waals surface area contributed by atoms with Gasteiger partial charge in [-0.15, -0.1) is 0 Å². The number of fused-ring (bicyclic) bond motifs is 1. The van der Waals surface area contributed by atoms with Gasteiger partial charge in [0.15, 0.2) is 0 Å². The normalized spacial score (nSPS) is 16.5. The number of amides is 2. The summed E-state index contributed by atoms with van der Waals surface area (Å²) in [7, 11) is 3.13. The van der Waals surface area contributed by atoms with Crippen molar-refractivity contribution in [2.24, 2.45) is 5.92 Å². The van der Waals surface area contributed by atoms with Gasteiger partial charge >= 0.3 is 0 Å². The fourth-order valence-electron chi connectivity index (χ4n) is 4.23. The van der Waals surface area contributed by atoms with Crippen molar-refractivity contribution >= 4 is 17.5 Å². The molecule has 29 heavy (non-hydrogen) atoms. The molecule has 152 valence electrons. The maximum atomic E-state index is 13.1. The molecule has 4 rings (SSSR count). The lowest BCUT2D eigenvalue weighted by Gasteiger charge is -2.33. The summed E-state index contributed by atoms with van der Waals surface area (Å²) in [6.07, 6.45) is 2.28. The van der Waals surface area contributed by atoms with E-state index < -0.39 is 0 Å². The number of likely N-dealkylation sites (tertiary alicyclic amines) is 1. The summed E-state index contributed by atoms with van der Waals surface area (Å²) in [5.74, 6) is 1.27. The molecule has 1 fully saturated rings. The number of nitrogens with zero attached hydrogens (tertiary/aromatic N) is 2. The lowest BCUT2D eigenvalue weighted by molar-refractivity contribution is -0.123. The van der Waals surface area contributed by atoms with E-state index in [2.05, 4.69) is 6.07 Å². The second-order valence-corrected chi connectivity index (χ2v) is 7.54. The molecule has 0 aromatic heterocycles. The van der Waals surface area contributed by atoms with Crippen LogP contribution in [0.1, 0.15) is 28.8 Å².